The summed E-state index contributed by atoms with van der Waals surface area (Å²) >= 11 is 0. The summed E-state index contributed by atoms with van der Waals surface area (Å²) < 4.78 is 14.3. The Morgan fingerprint density at radius 2 is 2.03 bits per heavy atom. The third kappa shape index (κ3) is 3.06. The van der Waals surface area contributed by atoms with Gasteiger partial charge in [0.1, 0.15) is 23.2 Å². The highest BCUT2D eigenvalue weighted by molar-refractivity contribution is 5.95. The molecule has 3 aromatic heterocycles. The molecule has 4 aromatic rings. The van der Waals surface area contributed by atoms with Gasteiger partial charge in [0.25, 0.3) is 5.91 Å². The van der Waals surface area contributed by atoms with Crippen molar-refractivity contribution in [1.82, 2.24) is 29.3 Å². The predicted octanol–water partition coefficient (Wildman–Crippen LogP) is 2.51. The average Bonchev–Trinajstić information content (AvgIpc) is 3.65. The summed E-state index contributed by atoms with van der Waals surface area (Å²) in [6, 6.07) is 11.6. The number of benzene rings is 1. The Labute approximate surface area is 201 Å². The molecular formula is C25H26N6O4. The predicted molar refractivity (Wildman–Crippen MR) is 125 cm³/mol. The van der Waals surface area contributed by atoms with Gasteiger partial charge in [-0.2, -0.15) is 5.10 Å². The monoisotopic (exact) mass is 474 g/mol. The number of methoxy groups -OCH3 is 1. The number of hydrogen-bond acceptors (Lipinski definition) is 7. The molecule has 1 N–H and O–H groups in total. The molecule has 0 bridgehead atoms. The molecule has 0 saturated carbocycles. The van der Waals surface area contributed by atoms with Crippen LogP contribution in [0.15, 0.2) is 59.6 Å². The zero-order valence-corrected chi connectivity index (χ0v) is 19.8. The summed E-state index contributed by atoms with van der Waals surface area (Å²) in [7, 11) is 3.51. The molecule has 2 aliphatic rings. The van der Waals surface area contributed by atoms with Gasteiger partial charge in [0.15, 0.2) is 6.23 Å². The maximum Gasteiger partial charge on any atom is 0.260 e. The fourth-order valence-corrected chi connectivity index (χ4v) is 5.49. The number of amides is 1. The van der Waals surface area contributed by atoms with Crippen LogP contribution in [0.5, 0.6) is 5.75 Å². The first kappa shape index (κ1) is 21.6. The first-order chi connectivity index (χ1) is 16.9. The van der Waals surface area contributed by atoms with E-state index in [4.69, 9.17) is 9.26 Å². The molecule has 1 fully saturated rings. The van der Waals surface area contributed by atoms with Crippen LogP contribution in [0.2, 0.25) is 0 Å². The van der Waals surface area contributed by atoms with Crippen LogP contribution in [-0.4, -0.2) is 60.5 Å². The largest absolute Gasteiger partial charge is 0.497 e. The lowest BCUT2D eigenvalue weighted by Crippen LogP contribution is -2.59. The smallest absolute Gasteiger partial charge is 0.260 e. The molecule has 35 heavy (non-hydrogen) atoms. The second-order valence-corrected chi connectivity index (χ2v) is 9.00. The summed E-state index contributed by atoms with van der Waals surface area (Å²) in [5.41, 5.74) is 3.61. The van der Waals surface area contributed by atoms with Crippen LogP contribution in [-0.2, 0) is 19.3 Å². The second kappa shape index (κ2) is 7.82. The third-order valence-corrected chi connectivity index (χ3v) is 7.26. The van der Waals surface area contributed by atoms with E-state index in [-0.39, 0.29) is 5.91 Å². The lowest BCUT2D eigenvalue weighted by atomic mass is 9.93. The van der Waals surface area contributed by atoms with Gasteiger partial charge >= 0.3 is 0 Å². The molecule has 2 atom stereocenters. The number of nitrogens with zero attached hydrogens (tertiary/aromatic N) is 6. The average molecular weight is 475 g/mol. The normalized spacial score (nSPS) is 21.7. The van der Waals surface area contributed by atoms with Crippen LogP contribution in [0.4, 0.5) is 0 Å². The molecule has 1 saturated heterocycles. The Morgan fingerprint density at radius 3 is 2.69 bits per heavy atom. The molecule has 0 aliphatic carbocycles. The number of carbonyl (C=O) groups excluding carboxylic acids is 1. The minimum Gasteiger partial charge on any atom is -0.497 e. The van der Waals surface area contributed by atoms with Crippen molar-refractivity contribution in [1.29, 1.82) is 0 Å². The van der Waals surface area contributed by atoms with Gasteiger partial charge in [-0.25, -0.2) is 4.90 Å². The highest BCUT2D eigenvalue weighted by Crippen LogP contribution is 2.48. The van der Waals surface area contributed by atoms with Crippen LogP contribution in [0.25, 0.3) is 11.3 Å². The molecule has 1 aromatic carbocycles. The van der Waals surface area contributed by atoms with Crippen molar-refractivity contribution >= 4 is 5.91 Å². The number of aryl methyl sites for hydroxylation is 2. The zero-order chi connectivity index (χ0) is 24.3. The summed E-state index contributed by atoms with van der Waals surface area (Å²) in [6.07, 6.45) is 4.25. The standard InChI is InChI=1S/C25H26N6O4/c1-16-20(14-35-27-16)23(32)30-10-11-31-24(33)22-12-17(21-8-9-26-28(21)2)13-29(22)15-25(30,31)18-4-6-19(34-3)7-5-18/h4-9,12-14,24,33H,10-11,15H2,1-3H3. The van der Waals surface area contributed by atoms with Crippen molar-refractivity contribution < 1.29 is 19.2 Å². The summed E-state index contributed by atoms with van der Waals surface area (Å²) in [6.45, 7) is 3.16. The van der Waals surface area contributed by atoms with Crippen LogP contribution >= 0.6 is 0 Å². The van der Waals surface area contributed by atoms with E-state index in [1.165, 1.54) is 6.26 Å². The Balaban J connectivity index is 1.51. The van der Waals surface area contributed by atoms with Gasteiger partial charge in [0.05, 0.1) is 30.7 Å². The van der Waals surface area contributed by atoms with Gasteiger partial charge in [-0.1, -0.05) is 17.3 Å². The number of rotatable bonds is 4. The molecule has 10 nitrogen and oxygen atoms in total. The van der Waals surface area contributed by atoms with Gasteiger partial charge in [0, 0.05) is 38.1 Å². The van der Waals surface area contributed by atoms with Crippen molar-refractivity contribution in [2.45, 2.75) is 25.4 Å². The van der Waals surface area contributed by atoms with Gasteiger partial charge in [0.2, 0.25) is 0 Å². The number of fused-ring (bicyclic) bond motifs is 2. The summed E-state index contributed by atoms with van der Waals surface area (Å²) in [5, 5.41) is 19.8. The Bertz CT molecular complexity index is 1400. The Morgan fingerprint density at radius 1 is 1.23 bits per heavy atom. The quantitative estimate of drug-likeness (QED) is 0.485. The van der Waals surface area contributed by atoms with Crippen LogP contribution in [0.1, 0.15) is 33.5 Å². The third-order valence-electron chi connectivity index (χ3n) is 7.26. The molecular weight excluding hydrogens is 448 g/mol. The van der Waals surface area contributed by atoms with E-state index in [9.17, 15) is 9.90 Å². The minimum atomic E-state index is -0.914. The van der Waals surface area contributed by atoms with Gasteiger partial charge in [-0.05, 0) is 36.8 Å². The number of hydrogen-bond donors (Lipinski definition) is 1. The fraction of sp³-hybridized carbons (Fsp3) is 0.320. The fourth-order valence-electron chi connectivity index (χ4n) is 5.49. The van der Waals surface area contributed by atoms with Crippen LogP contribution < -0.4 is 4.74 Å². The first-order valence-electron chi connectivity index (χ1n) is 11.4. The van der Waals surface area contributed by atoms with E-state index in [1.54, 1.807) is 24.9 Å². The molecule has 0 radical (unpaired) electrons. The van der Waals surface area contributed by atoms with E-state index < -0.39 is 11.9 Å². The minimum absolute atomic E-state index is 0.184. The molecule has 6 rings (SSSR count). The molecule has 5 heterocycles. The second-order valence-electron chi connectivity index (χ2n) is 9.00. The van der Waals surface area contributed by atoms with Crippen LogP contribution in [0, 0.1) is 6.92 Å². The number of aromatic nitrogens is 4. The van der Waals surface area contributed by atoms with Crippen LogP contribution in [0.3, 0.4) is 0 Å². The van der Waals surface area contributed by atoms with Gasteiger partial charge < -0.3 is 23.8 Å². The van der Waals surface area contributed by atoms with E-state index in [1.807, 2.05) is 64.0 Å². The number of carbonyl (C=O) groups is 1. The van der Waals surface area contributed by atoms with E-state index in [0.717, 1.165) is 28.3 Å². The molecule has 180 valence electrons. The number of aliphatic hydroxyl groups is 1. The molecule has 2 unspecified atom stereocenters. The number of ether oxygens (including phenoxy) is 1. The van der Waals surface area contributed by atoms with Crippen molar-refractivity contribution in [2.24, 2.45) is 7.05 Å². The molecule has 10 heteroatoms. The van der Waals surface area contributed by atoms with E-state index in [2.05, 4.69) is 10.3 Å². The highest BCUT2D eigenvalue weighted by Gasteiger charge is 2.56. The van der Waals surface area contributed by atoms with Crippen molar-refractivity contribution in [3.05, 3.63) is 77.6 Å². The van der Waals surface area contributed by atoms with E-state index >= 15 is 0 Å². The van der Waals surface area contributed by atoms with Crippen molar-refractivity contribution in [3.8, 4) is 17.0 Å². The summed E-state index contributed by atoms with van der Waals surface area (Å²) in [5.74, 6) is 0.538. The van der Waals surface area contributed by atoms with Gasteiger partial charge in [-0.15, -0.1) is 0 Å². The topological polar surface area (TPSA) is 102 Å². The van der Waals surface area contributed by atoms with Crippen molar-refractivity contribution in [2.75, 3.05) is 20.2 Å². The van der Waals surface area contributed by atoms with E-state index in [0.29, 0.717) is 30.9 Å². The maximum atomic E-state index is 13.8. The highest BCUT2D eigenvalue weighted by atomic mass is 16.5. The maximum absolute atomic E-state index is 13.8. The van der Waals surface area contributed by atoms with Crippen molar-refractivity contribution in [3.63, 3.8) is 0 Å². The Hall–Kier alpha value is -3.89. The zero-order valence-electron chi connectivity index (χ0n) is 19.8. The first-order valence-corrected chi connectivity index (χ1v) is 11.4. The number of aliphatic hydroxyl groups excluding tert-OH is 1. The molecule has 2 aliphatic heterocycles. The Kier molecular flexibility index (Phi) is 4.83. The summed E-state index contributed by atoms with van der Waals surface area (Å²) in [4.78, 5) is 17.6. The lowest BCUT2D eigenvalue weighted by molar-refractivity contribution is -0.118. The van der Waals surface area contributed by atoms with Gasteiger partial charge in [-0.3, -0.25) is 9.48 Å². The molecule has 1 amide bonds. The SMILES string of the molecule is COc1ccc(C23Cn4cc(-c5ccnn5C)cc4C(O)N2CCN3C(=O)c2conc2C)cc1. The lowest BCUT2D eigenvalue weighted by Gasteiger charge is -2.49. The molecule has 0 spiro atoms.